The Morgan fingerprint density at radius 2 is 2.00 bits per heavy atom. The number of carbonyl (C=O) groups is 1. The van der Waals surface area contributed by atoms with Crippen LogP contribution in [0, 0.1) is 0 Å². The summed E-state index contributed by atoms with van der Waals surface area (Å²) < 4.78 is 5.72. The molecule has 3 heterocycles. The minimum absolute atomic E-state index is 0.166. The van der Waals surface area contributed by atoms with E-state index in [1.165, 1.54) is 19.3 Å². The summed E-state index contributed by atoms with van der Waals surface area (Å²) in [6, 6.07) is 4.60. The maximum atomic E-state index is 11.5. The summed E-state index contributed by atoms with van der Waals surface area (Å²) in [5, 5.41) is 7.01. The van der Waals surface area contributed by atoms with E-state index in [9.17, 15) is 4.79 Å². The molecule has 27 heavy (non-hydrogen) atoms. The Morgan fingerprint density at radius 1 is 1.26 bits per heavy atom. The Kier molecular flexibility index (Phi) is 7.15. The summed E-state index contributed by atoms with van der Waals surface area (Å²) in [6.45, 7) is 6.26. The number of furan rings is 1. The van der Waals surface area contributed by atoms with Gasteiger partial charge in [0.25, 0.3) is 0 Å². The number of likely N-dealkylation sites (tertiary alicyclic amines) is 2. The van der Waals surface area contributed by atoms with Gasteiger partial charge in [-0.05, 0) is 50.9 Å². The monoisotopic (exact) mass is 375 g/mol. The number of guanidine groups is 1. The minimum Gasteiger partial charge on any atom is -0.468 e. The number of carbonyl (C=O) groups excluding carboxylic acids is 1. The summed E-state index contributed by atoms with van der Waals surface area (Å²) in [4.78, 5) is 20.3. The third-order valence-corrected chi connectivity index (χ3v) is 5.67. The first kappa shape index (κ1) is 19.7. The van der Waals surface area contributed by atoms with Gasteiger partial charge in [0.1, 0.15) is 5.76 Å². The molecule has 3 rings (SSSR count). The number of piperidine rings is 2. The molecule has 1 aromatic heterocycles. The lowest BCUT2D eigenvalue weighted by Crippen LogP contribution is -2.51. The van der Waals surface area contributed by atoms with Crippen LogP contribution in [0.2, 0.25) is 0 Å². The van der Waals surface area contributed by atoms with E-state index in [1.54, 1.807) is 13.2 Å². The molecule has 1 unspecified atom stereocenters. The van der Waals surface area contributed by atoms with Crippen molar-refractivity contribution >= 4 is 11.9 Å². The maximum Gasteiger partial charge on any atom is 0.219 e. The molecule has 2 saturated heterocycles. The van der Waals surface area contributed by atoms with Crippen molar-refractivity contribution in [2.24, 2.45) is 4.99 Å². The number of nitrogens with one attached hydrogen (secondary N) is 2. The van der Waals surface area contributed by atoms with Gasteiger partial charge in [-0.1, -0.05) is 6.42 Å². The van der Waals surface area contributed by atoms with Crippen LogP contribution < -0.4 is 10.6 Å². The molecule has 2 fully saturated rings. The molecule has 1 aromatic rings. The molecule has 0 aliphatic carbocycles. The van der Waals surface area contributed by atoms with Crippen molar-refractivity contribution in [3.63, 3.8) is 0 Å². The number of hydrogen-bond donors (Lipinski definition) is 2. The van der Waals surface area contributed by atoms with Gasteiger partial charge in [0.2, 0.25) is 5.91 Å². The van der Waals surface area contributed by atoms with Gasteiger partial charge in [0.05, 0.1) is 12.3 Å². The lowest BCUT2D eigenvalue weighted by molar-refractivity contribution is -0.129. The van der Waals surface area contributed by atoms with Gasteiger partial charge in [-0.3, -0.25) is 14.7 Å². The molecule has 7 heteroatoms. The van der Waals surface area contributed by atoms with Gasteiger partial charge >= 0.3 is 0 Å². The highest BCUT2D eigenvalue weighted by Gasteiger charge is 2.25. The quantitative estimate of drug-likeness (QED) is 0.608. The first-order valence-electron chi connectivity index (χ1n) is 10.2. The predicted molar refractivity (Wildman–Crippen MR) is 107 cm³/mol. The van der Waals surface area contributed by atoms with Crippen LogP contribution in [0.25, 0.3) is 0 Å². The van der Waals surface area contributed by atoms with E-state index in [1.807, 2.05) is 18.0 Å². The normalized spacial score (nSPS) is 21.1. The SMILES string of the molecule is CN=C(NCC(c1ccco1)N1CCCCC1)NC1CCN(C(C)=O)CC1. The summed E-state index contributed by atoms with van der Waals surface area (Å²) >= 11 is 0. The Hall–Kier alpha value is -2.02. The molecule has 2 aliphatic heterocycles. The van der Waals surface area contributed by atoms with Crippen molar-refractivity contribution in [1.29, 1.82) is 0 Å². The molecule has 2 aliphatic rings. The topological polar surface area (TPSA) is 73.1 Å². The van der Waals surface area contributed by atoms with E-state index in [0.717, 1.165) is 57.3 Å². The minimum atomic E-state index is 0.166. The fraction of sp³-hybridized carbons (Fsp3) is 0.700. The molecular formula is C20H33N5O2. The second kappa shape index (κ2) is 9.78. The first-order valence-corrected chi connectivity index (χ1v) is 10.2. The highest BCUT2D eigenvalue weighted by Crippen LogP contribution is 2.24. The van der Waals surface area contributed by atoms with Crippen molar-refractivity contribution in [2.75, 3.05) is 39.8 Å². The van der Waals surface area contributed by atoms with Crippen molar-refractivity contribution < 1.29 is 9.21 Å². The Balaban J connectivity index is 1.53. The number of rotatable bonds is 5. The average molecular weight is 376 g/mol. The molecule has 0 spiro atoms. The van der Waals surface area contributed by atoms with Crippen LogP contribution in [-0.4, -0.2) is 67.5 Å². The van der Waals surface area contributed by atoms with Crippen LogP contribution in [0.1, 0.15) is 50.8 Å². The Bertz CT molecular complexity index is 602. The van der Waals surface area contributed by atoms with Gasteiger partial charge in [-0.25, -0.2) is 0 Å². The lowest BCUT2D eigenvalue weighted by Gasteiger charge is -2.35. The highest BCUT2D eigenvalue weighted by molar-refractivity contribution is 5.80. The third-order valence-electron chi connectivity index (χ3n) is 5.67. The number of nitrogens with zero attached hydrogens (tertiary/aromatic N) is 3. The predicted octanol–water partition coefficient (Wildman–Crippen LogP) is 1.98. The zero-order valence-electron chi connectivity index (χ0n) is 16.6. The Morgan fingerprint density at radius 3 is 2.59 bits per heavy atom. The summed E-state index contributed by atoms with van der Waals surface area (Å²) in [5.41, 5.74) is 0. The molecule has 1 atom stereocenters. The van der Waals surface area contributed by atoms with Crippen LogP contribution in [-0.2, 0) is 4.79 Å². The second-order valence-electron chi connectivity index (χ2n) is 7.51. The van der Waals surface area contributed by atoms with Crippen LogP contribution in [0.3, 0.4) is 0 Å². The molecular weight excluding hydrogens is 342 g/mol. The first-order chi connectivity index (χ1) is 13.2. The van der Waals surface area contributed by atoms with E-state index in [2.05, 4.69) is 26.6 Å². The molecule has 7 nitrogen and oxygen atoms in total. The third kappa shape index (κ3) is 5.48. The zero-order chi connectivity index (χ0) is 19.1. The number of amides is 1. The van der Waals surface area contributed by atoms with Gasteiger partial charge in [-0.15, -0.1) is 0 Å². The van der Waals surface area contributed by atoms with Gasteiger partial charge in [0, 0.05) is 39.6 Å². The maximum absolute atomic E-state index is 11.5. The summed E-state index contributed by atoms with van der Waals surface area (Å²) in [7, 11) is 1.81. The fourth-order valence-electron chi connectivity index (χ4n) is 4.04. The highest BCUT2D eigenvalue weighted by atomic mass is 16.3. The fourth-order valence-corrected chi connectivity index (χ4v) is 4.04. The molecule has 150 valence electrons. The summed E-state index contributed by atoms with van der Waals surface area (Å²) in [6.07, 6.45) is 7.47. The van der Waals surface area contributed by atoms with E-state index in [0.29, 0.717) is 6.04 Å². The van der Waals surface area contributed by atoms with Crippen molar-refractivity contribution in [3.05, 3.63) is 24.2 Å². The number of aliphatic imine (C=N–C) groups is 1. The van der Waals surface area contributed by atoms with E-state index in [-0.39, 0.29) is 11.9 Å². The zero-order valence-corrected chi connectivity index (χ0v) is 16.6. The largest absolute Gasteiger partial charge is 0.468 e. The molecule has 2 N–H and O–H groups in total. The average Bonchev–Trinajstić information content (AvgIpc) is 3.23. The molecule has 0 radical (unpaired) electrons. The van der Waals surface area contributed by atoms with Gasteiger partial charge < -0.3 is 20.0 Å². The lowest BCUT2D eigenvalue weighted by atomic mass is 10.1. The van der Waals surface area contributed by atoms with E-state index < -0.39 is 0 Å². The van der Waals surface area contributed by atoms with Crippen LogP contribution in [0.4, 0.5) is 0 Å². The van der Waals surface area contributed by atoms with Crippen molar-refractivity contribution in [1.82, 2.24) is 20.4 Å². The standard InChI is InChI=1S/C20H33N5O2/c1-16(26)24-12-8-17(9-13-24)23-20(21-2)22-15-18(19-7-6-14-27-19)25-10-4-3-5-11-25/h6-7,14,17-18H,3-5,8-13,15H2,1-2H3,(H2,21,22,23). The van der Waals surface area contributed by atoms with Crippen molar-refractivity contribution in [2.45, 2.75) is 51.1 Å². The van der Waals surface area contributed by atoms with Crippen LogP contribution in [0.5, 0.6) is 0 Å². The molecule has 1 amide bonds. The second-order valence-corrected chi connectivity index (χ2v) is 7.51. The van der Waals surface area contributed by atoms with Crippen LogP contribution >= 0.6 is 0 Å². The molecule has 0 saturated carbocycles. The van der Waals surface area contributed by atoms with Gasteiger partial charge in [0.15, 0.2) is 5.96 Å². The van der Waals surface area contributed by atoms with Crippen LogP contribution in [0.15, 0.2) is 27.8 Å². The van der Waals surface area contributed by atoms with E-state index >= 15 is 0 Å². The molecule has 0 aromatic carbocycles. The van der Waals surface area contributed by atoms with Crippen molar-refractivity contribution in [3.8, 4) is 0 Å². The summed E-state index contributed by atoms with van der Waals surface area (Å²) in [5.74, 6) is 2.00. The smallest absolute Gasteiger partial charge is 0.219 e. The van der Waals surface area contributed by atoms with Gasteiger partial charge in [-0.2, -0.15) is 0 Å². The number of hydrogen-bond acceptors (Lipinski definition) is 4. The van der Waals surface area contributed by atoms with E-state index in [4.69, 9.17) is 4.42 Å². The Labute approximate surface area is 162 Å². The molecule has 0 bridgehead atoms.